The van der Waals surface area contributed by atoms with Crippen LogP contribution in [0.4, 0.5) is 0 Å². The van der Waals surface area contributed by atoms with E-state index < -0.39 is 5.97 Å². The summed E-state index contributed by atoms with van der Waals surface area (Å²) in [5, 5.41) is 9.06. The van der Waals surface area contributed by atoms with Crippen molar-refractivity contribution >= 4 is 5.97 Å². The Bertz CT molecular complexity index is 708. The molecule has 3 aliphatic heterocycles. The molecule has 6 nitrogen and oxygen atoms in total. The molecular formula is C19H27N3O3. The average Bonchev–Trinajstić information content (AvgIpc) is 2.58. The number of piperidine rings is 2. The first kappa shape index (κ1) is 16.8. The van der Waals surface area contributed by atoms with Crippen molar-refractivity contribution in [3.63, 3.8) is 0 Å². The fourth-order valence-electron chi connectivity index (χ4n) is 4.89. The molecule has 0 amide bonds. The minimum atomic E-state index is -0.769. The number of carbonyl (C=O) groups is 1. The molecule has 1 aromatic heterocycles. The van der Waals surface area contributed by atoms with E-state index in [1.165, 1.54) is 19.3 Å². The standard InChI is InChI=1S/C19H27N3O3/c23-18(24)13-21-9-14-8-16(12-21)17-5-4-15(19(25)22(17)10-14)11-20-6-2-1-3-7-20/h4-5,14,16H,1-3,6-13H2,(H,23,24)/t14-,16+/m0/s1. The number of nitrogens with zero attached hydrogens (tertiary/aromatic N) is 3. The highest BCUT2D eigenvalue weighted by atomic mass is 16.4. The van der Waals surface area contributed by atoms with Crippen molar-refractivity contribution < 1.29 is 9.90 Å². The van der Waals surface area contributed by atoms with E-state index in [4.69, 9.17) is 5.11 Å². The van der Waals surface area contributed by atoms with Gasteiger partial charge in [0.1, 0.15) is 0 Å². The zero-order valence-corrected chi connectivity index (χ0v) is 14.7. The highest BCUT2D eigenvalue weighted by Gasteiger charge is 2.35. The van der Waals surface area contributed by atoms with E-state index in [9.17, 15) is 9.59 Å². The van der Waals surface area contributed by atoms with Gasteiger partial charge in [-0.25, -0.2) is 0 Å². The average molecular weight is 345 g/mol. The molecule has 1 aromatic rings. The second kappa shape index (κ2) is 6.92. The SMILES string of the molecule is O=C(O)CN1C[C@@H]2C[C@H](C1)c1ccc(CN3CCCCC3)c(=O)n1C2. The molecule has 4 heterocycles. The molecule has 136 valence electrons. The summed E-state index contributed by atoms with van der Waals surface area (Å²) in [6, 6.07) is 4.13. The second-order valence-corrected chi connectivity index (χ2v) is 7.92. The quantitative estimate of drug-likeness (QED) is 0.892. The van der Waals surface area contributed by atoms with Crippen molar-refractivity contribution in [2.75, 3.05) is 32.7 Å². The van der Waals surface area contributed by atoms with E-state index in [0.29, 0.717) is 5.92 Å². The largest absolute Gasteiger partial charge is 0.480 e. The summed E-state index contributed by atoms with van der Waals surface area (Å²) < 4.78 is 1.98. The summed E-state index contributed by atoms with van der Waals surface area (Å²) in [4.78, 5) is 28.4. The first-order valence-electron chi connectivity index (χ1n) is 9.49. The van der Waals surface area contributed by atoms with Gasteiger partial charge < -0.3 is 9.67 Å². The maximum absolute atomic E-state index is 13.0. The number of hydrogen-bond acceptors (Lipinski definition) is 4. The van der Waals surface area contributed by atoms with E-state index in [-0.39, 0.29) is 18.0 Å². The van der Waals surface area contributed by atoms with E-state index in [1.54, 1.807) is 0 Å². The van der Waals surface area contributed by atoms with Crippen LogP contribution in [0.2, 0.25) is 0 Å². The molecule has 0 radical (unpaired) electrons. The Morgan fingerprint density at radius 2 is 1.88 bits per heavy atom. The molecule has 2 fully saturated rings. The van der Waals surface area contributed by atoms with Crippen molar-refractivity contribution in [2.45, 2.75) is 44.7 Å². The maximum atomic E-state index is 13.0. The molecule has 25 heavy (non-hydrogen) atoms. The van der Waals surface area contributed by atoms with Crippen molar-refractivity contribution in [1.29, 1.82) is 0 Å². The number of likely N-dealkylation sites (tertiary alicyclic amines) is 2. The van der Waals surface area contributed by atoms with Gasteiger partial charge in [0.2, 0.25) is 0 Å². The first-order chi connectivity index (χ1) is 12.1. The van der Waals surface area contributed by atoms with Crippen LogP contribution in [-0.2, 0) is 17.9 Å². The van der Waals surface area contributed by atoms with Crippen molar-refractivity contribution in [3.05, 3.63) is 33.7 Å². The molecule has 2 saturated heterocycles. The number of pyridine rings is 1. The monoisotopic (exact) mass is 345 g/mol. The number of hydrogen-bond donors (Lipinski definition) is 1. The van der Waals surface area contributed by atoms with Crippen LogP contribution in [0.25, 0.3) is 0 Å². The van der Waals surface area contributed by atoms with Crippen molar-refractivity contribution in [1.82, 2.24) is 14.4 Å². The van der Waals surface area contributed by atoms with Gasteiger partial charge in [0.05, 0.1) is 6.54 Å². The van der Waals surface area contributed by atoms with Crippen LogP contribution in [0.5, 0.6) is 0 Å². The summed E-state index contributed by atoms with van der Waals surface area (Å²) >= 11 is 0. The molecule has 4 rings (SSSR count). The van der Waals surface area contributed by atoms with E-state index >= 15 is 0 Å². The third-order valence-electron chi connectivity index (χ3n) is 5.96. The normalized spacial score (nSPS) is 27.0. The smallest absolute Gasteiger partial charge is 0.317 e. The van der Waals surface area contributed by atoms with Crippen molar-refractivity contribution in [3.8, 4) is 0 Å². The van der Waals surface area contributed by atoms with Gasteiger partial charge in [-0.1, -0.05) is 12.5 Å². The van der Waals surface area contributed by atoms with Gasteiger partial charge in [0.15, 0.2) is 0 Å². The fourth-order valence-corrected chi connectivity index (χ4v) is 4.89. The molecular weight excluding hydrogens is 318 g/mol. The predicted molar refractivity (Wildman–Crippen MR) is 94.8 cm³/mol. The summed E-state index contributed by atoms with van der Waals surface area (Å²) in [6.45, 7) is 5.31. The van der Waals surface area contributed by atoms with Crippen LogP contribution < -0.4 is 5.56 Å². The molecule has 1 N–H and O–H groups in total. The number of fused-ring (bicyclic) bond motifs is 4. The maximum Gasteiger partial charge on any atom is 0.317 e. The lowest BCUT2D eigenvalue weighted by Crippen LogP contribution is -2.49. The lowest BCUT2D eigenvalue weighted by atomic mass is 9.83. The third-order valence-corrected chi connectivity index (χ3v) is 5.96. The number of aliphatic carboxylic acids is 1. The molecule has 3 aliphatic rings. The molecule has 2 bridgehead atoms. The van der Waals surface area contributed by atoms with Gasteiger partial charge >= 0.3 is 5.97 Å². The number of carboxylic acids is 1. The molecule has 0 saturated carbocycles. The molecule has 6 heteroatoms. The Balaban J connectivity index is 1.55. The van der Waals surface area contributed by atoms with E-state index in [1.807, 2.05) is 15.5 Å². The highest BCUT2D eigenvalue weighted by molar-refractivity contribution is 5.69. The van der Waals surface area contributed by atoms with Crippen LogP contribution in [0.3, 0.4) is 0 Å². The summed E-state index contributed by atoms with van der Waals surface area (Å²) in [7, 11) is 0. The summed E-state index contributed by atoms with van der Waals surface area (Å²) in [5.74, 6) is -0.105. The van der Waals surface area contributed by atoms with Gasteiger partial charge in [-0.3, -0.25) is 19.4 Å². The minimum absolute atomic E-state index is 0.101. The van der Waals surface area contributed by atoms with Crippen LogP contribution in [0.15, 0.2) is 16.9 Å². The molecule has 0 unspecified atom stereocenters. The van der Waals surface area contributed by atoms with Crippen LogP contribution >= 0.6 is 0 Å². The van der Waals surface area contributed by atoms with E-state index in [2.05, 4.69) is 11.0 Å². The number of rotatable bonds is 4. The van der Waals surface area contributed by atoms with Gasteiger partial charge in [-0.15, -0.1) is 0 Å². The Hall–Kier alpha value is -1.66. The Morgan fingerprint density at radius 3 is 2.64 bits per heavy atom. The lowest BCUT2D eigenvalue weighted by molar-refractivity contribution is -0.139. The Labute approximate surface area is 148 Å². The molecule has 0 spiro atoms. The third kappa shape index (κ3) is 3.51. The second-order valence-electron chi connectivity index (χ2n) is 7.92. The van der Waals surface area contributed by atoms with Gasteiger partial charge in [0, 0.05) is 43.4 Å². The number of carboxylic acid groups (broad SMARTS) is 1. The van der Waals surface area contributed by atoms with Crippen molar-refractivity contribution in [2.24, 2.45) is 5.92 Å². The summed E-state index contributed by atoms with van der Waals surface area (Å²) in [6.07, 6.45) is 4.84. The first-order valence-corrected chi connectivity index (χ1v) is 9.49. The van der Waals surface area contributed by atoms with Crippen LogP contribution in [0, 0.1) is 5.92 Å². The van der Waals surface area contributed by atoms with Gasteiger partial charge in [0.25, 0.3) is 5.56 Å². The number of aromatic nitrogens is 1. The zero-order valence-electron chi connectivity index (χ0n) is 14.7. The molecule has 0 aliphatic carbocycles. The summed E-state index contributed by atoms with van der Waals surface area (Å²) in [5.41, 5.74) is 2.18. The van der Waals surface area contributed by atoms with E-state index in [0.717, 1.165) is 56.9 Å². The predicted octanol–water partition coefficient (Wildman–Crippen LogP) is 1.34. The van der Waals surface area contributed by atoms with Crippen LogP contribution in [-0.4, -0.2) is 58.2 Å². The molecule has 2 atom stereocenters. The lowest BCUT2D eigenvalue weighted by Gasteiger charge is -2.42. The topological polar surface area (TPSA) is 65.8 Å². The zero-order chi connectivity index (χ0) is 17.4. The van der Waals surface area contributed by atoms with Gasteiger partial charge in [-0.2, -0.15) is 0 Å². The Kier molecular flexibility index (Phi) is 4.65. The van der Waals surface area contributed by atoms with Gasteiger partial charge in [-0.05, 0) is 44.3 Å². The molecule has 0 aromatic carbocycles. The Morgan fingerprint density at radius 1 is 1.08 bits per heavy atom. The fraction of sp³-hybridized carbons (Fsp3) is 0.684. The minimum Gasteiger partial charge on any atom is -0.480 e. The van der Waals surface area contributed by atoms with Crippen LogP contribution in [0.1, 0.15) is 42.9 Å². The highest BCUT2D eigenvalue weighted by Crippen LogP contribution is 2.35.